The number of rotatable bonds is 7. The summed E-state index contributed by atoms with van der Waals surface area (Å²) in [6, 6.07) is 19.7. The van der Waals surface area contributed by atoms with Crippen LogP contribution in [0.2, 0.25) is 0 Å². The Morgan fingerprint density at radius 3 is 2.65 bits per heavy atom. The van der Waals surface area contributed by atoms with Crippen molar-refractivity contribution in [2.75, 3.05) is 7.11 Å². The monoisotopic (exact) mass is 478 g/mol. The summed E-state index contributed by atoms with van der Waals surface area (Å²) in [5.41, 5.74) is 3.57. The van der Waals surface area contributed by atoms with Crippen LogP contribution in [0.5, 0.6) is 11.5 Å². The Morgan fingerprint density at radius 1 is 1.19 bits per heavy atom. The third-order valence-corrected chi connectivity index (χ3v) is 5.11. The fraction of sp³-hybridized carbons (Fsp3) is 0.125. The second-order valence-corrected chi connectivity index (χ2v) is 7.64. The molecule has 0 spiro atoms. The topological polar surface area (TPSA) is 85.4 Å². The zero-order valence-electron chi connectivity index (χ0n) is 17.0. The Labute approximate surface area is 188 Å². The van der Waals surface area contributed by atoms with Crippen molar-refractivity contribution in [1.82, 2.24) is 0 Å². The Kier molecular flexibility index (Phi) is 7.06. The molecule has 31 heavy (non-hydrogen) atoms. The van der Waals surface area contributed by atoms with Gasteiger partial charge in [-0.15, -0.1) is 0 Å². The van der Waals surface area contributed by atoms with Gasteiger partial charge < -0.3 is 9.47 Å². The lowest BCUT2D eigenvalue weighted by molar-refractivity contribution is -0.384. The number of nitrogens with zero attached hydrogens (tertiary/aromatic N) is 2. The van der Waals surface area contributed by atoms with Crippen LogP contribution in [-0.2, 0) is 6.61 Å². The van der Waals surface area contributed by atoms with Gasteiger partial charge in [0.1, 0.15) is 6.61 Å². The van der Waals surface area contributed by atoms with Crippen LogP contribution in [0, 0.1) is 28.4 Å². The van der Waals surface area contributed by atoms with Gasteiger partial charge >= 0.3 is 0 Å². The lowest BCUT2D eigenvalue weighted by atomic mass is 10.0. The normalized spacial score (nSPS) is 11.0. The highest BCUT2D eigenvalue weighted by atomic mass is 79.9. The van der Waals surface area contributed by atoms with Gasteiger partial charge in [-0.1, -0.05) is 42.0 Å². The van der Waals surface area contributed by atoms with Crippen LogP contribution in [0.25, 0.3) is 11.6 Å². The van der Waals surface area contributed by atoms with Crippen LogP contribution in [0.1, 0.15) is 22.3 Å². The fourth-order valence-corrected chi connectivity index (χ4v) is 3.63. The molecule has 0 saturated heterocycles. The largest absolute Gasteiger partial charge is 0.493 e. The Hall–Kier alpha value is -3.63. The lowest BCUT2D eigenvalue weighted by Crippen LogP contribution is -1.99. The van der Waals surface area contributed by atoms with E-state index in [4.69, 9.17) is 9.47 Å². The summed E-state index contributed by atoms with van der Waals surface area (Å²) in [6.07, 6.45) is 1.65. The number of hydrogen-bond acceptors (Lipinski definition) is 5. The van der Waals surface area contributed by atoms with Gasteiger partial charge in [-0.25, -0.2) is 0 Å². The quantitative estimate of drug-likeness (QED) is 0.171. The Bertz CT molecular complexity index is 1200. The summed E-state index contributed by atoms with van der Waals surface area (Å²) in [7, 11) is 1.54. The third-order valence-electron chi connectivity index (χ3n) is 4.52. The van der Waals surface area contributed by atoms with Gasteiger partial charge in [-0.2, -0.15) is 5.26 Å². The number of benzene rings is 3. The van der Waals surface area contributed by atoms with Crippen molar-refractivity contribution < 1.29 is 14.4 Å². The highest BCUT2D eigenvalue weighted by Gasteiger charge is 2.13. The number of allylic oxidation sites excluding steroid dienone is 1. The summed E-state index contributed by atoms with van der Waals surface area (Å²) in [5, 5.41) is 20.6. The SMILES string of the molecule is COc1cc(C=C(C#N)c2cccc([N+](=O)[O-])c2)cc(Br)c1OCc1cccc(C)c1. The number of nitriles is 1. The molecule has 3 rings (SSSR count). The van der Waals surface area contributed by atoms with Crippen molar-refractivity contribution in [3.63, 3.8) is 0 Å². The van der Waals surface area contributed by atoms with Crippen LogP contribution < -0.4 is 9.47 Å². The molecule has 0 fully saturated rings. The molecule has 0 aliphatic rings. The number of aryl methyl sites for hydroxylation is 1. The lowest BCUT2D eigenvalue weighted by Gasteiger charge is -2.14. The first-order valence-corrected chi connectivity index (χ1v) is 10.1. The molecule has 3 aromatic carbocycles. The summed E-state index contributed by atoms with van der Waals surface area (Å²) in [6.45, 7) is 2.40. The predicted octanol–water partition coefficient (Wildman–Crippen LogP) is 6.32. The van der Waals surface area contributed by atoms with Gasteiger partial charge in [0.15, 0.2) is 11.5 Å². The van der Waals surface area contributed by atoms with Gasteiger partial charge in [0.25, 0.3) is 5.69 Å². The second kappa shape index (κ2) is 9.92. The fourth-order valence-electron chi connectivity index (χ4n) is 3.05. The molecule has 6 nitrogen and oxygen atoms in total. The average Bonchev–Trinajstić information content (AvgIpc) is 2.76. The number of nitro groups is 1. The standard InChI is InChI=1S/C24H19BrN2O4/c1-16-5-3-6-17(9-16)15-31-24-22(25)11-18(12-23(24)30-2)10-20(14-26)19-7-4-8-21(13-19)27(28)29/h3-13H,15H2,1-2H3. The molecule has 0 radical (unpaired) electrons. The third kappa shape index (κ3) is 5.50. The molecular weight excluding hydrogens is 460 g/mol. The van der Waals surface area contributed by atoms with Gasteiger partial charge in [0.05, 0.1) is 28.1 Å². The highest BCUT2D eigenvalue weighted by Crippen LogP contribution is 2.38. The predicted molar refractivity (Wildman–Crippen MR) is 123 cm³/mol. The number of nitro benzene ring substituents is 1. The van der Waals surface area contributed by atoms with Crippen LogP contribution in [0.3, 0.4) is 0 Å². The molecule has 0 heterocycles. The molecule has 156 valence electrons. The van der Waals surface area contributed by atoms with E-state index in [2.05, 4.69) is 28.1 Å². The van der Waals surface area contributed by atoms with Crippen LogP contribution in [0.4, 0.5) is 5.69 Å². The number of non-ortho nitro benzene ring substituents is 1. The van der Waals surface area contributed by atoms with E-state index in [1.54, 1.807) is 31.4 Å². The maximum Gasteiger partial charge on any atom is 0.270 e. The van der Waals surface area contributed by atoms with Crippen LogP contribution in [-0.4, -0.2) is 12.0 Å². The van der Waals surface area contributed by atoms with Gasteiger partial charge in [0.2, 0.25) is 0 Å². The van der Waals surface area contributed by atoms with Gasteiger partial charge in [-0.3, -0.25) is 10.1 Å². The molecule has 0 N–H and O–H groups in total. The molecule has 0 aromatic heterocycles. The maximum atomic E-state index is 11.0. The number of halogens is 1. The molecule has 0 saturated carbocycles. The summed E-state index contributed by atoms with van der Waals surface area (Å²) < 4.78 is 12.1. The van der Waals surface area contributed by atoms with E-state index < -0.39 is 4.92 Å². The Balaban J connectivity index is 1.91. The number of ether oxygens (including phenoxy) is 2. The first-order chi connectivity index (χ1) is 14.9. The first-order valence-electron chi connectivity index (χ1n) is 9.33. The minimum Gasteiger partial charge on any atom is -0.493 e. The average molecular weight is 479 g/mol. The molecular formula is C24H19BrN2O4. The molecule has 0 aliphatic carbocycles. The van der Waals surface area contributed by atoms with Gasteiger partial charge in [-0.05, 0) is 57.8 Å². The molecule has 0 aliphatic heterocycles. The molecule has 0 bridgehead atoms. The maximum absolute atomic E-state index is 11.0. The molecule has 0 unspecified atom stereocenters. The zero-order valence-corrected chi connectivity index (χ0v) is 18.5. The van der Waals surface area contributed by atoms with E-state index in [9.17, 15) is 15.4 Å². The number of methoxy groups -OCH3 is 1. The van der Waals surface area contributed by atoms with Crippen molar-refractivity contribution in [3.05, 3.63) is 97.5 Å². The van der Waals surface area contributed by atoms with Crippen molar-refractivity contribution in [1.29, 1.82) is 5.26 Å². The van der Waals surface area contributed by atoms with E-state index in [1.807, 2.05) is 31.2 Å². The van der Waals surface area contributed by atoms with E-state index >= 15 is 0 Å². The van der Waals surface area contributed by atoms with E-state index in [-0.39, 0.29) is 5.69 Å². The molecule has 0 amide bonds. The van der Waals surface area contributed by atoms with E-state index in [0.717, 1.165) is 11.1 Å². The van der Waals surface area contributed by atoms with Crippen molar-refractivity contribution in [3.8, 4) is 17.6 Å². The van der Waals surface area contributed by atoms with Crippen LogP contribution >= 0.6 is 15.9 Å². The van der Waals surface area contributed by atoms with Gasteiger partial charge in [0, 0.05) is 12.1 Å². The second-order valence-electron chi connectivity index (χ2n) is 6.79. The molecule has 7 heteroatoms. The summed E-state index contributed by atoms with van der Waals surface area (Å²) >= 11 is 3.52. The summed E-state index contributed by atoms with van der Waals surface area (Å²) in [4.78, 5) is 10.5. The van der Waals surface area contributed by atoms with E-state index in [1.165, 1.54) is 12.1 Å². The van der Waals surface area contributed by atoms with E-state index in [0.29, 0.717) is 39.3 Å². The van der Waals surface area contributed by atoms with Crippen molar-refractivity contribution >= 4 is 33.3 Å². The molecule has 0 atom stereocenters. The molecule has 3 aromatic rings. The first kappa shape index (κ1) is 22.1. The Morgan fingerprint density at radius 2 is 1.97 bits per heavy atom. The summed E-state index contributed by atoms with van der Waals surface area (Å²) in [5.74, 6) is 1.06. The minimum absolute atomic E-state index is 0.0719. The number of hydrogen-bond donors (Lipinski definition) is 0. The minimum atomic E-state index is -0.488. The zero-order chi connectivity index (χ0) is 22.4. The highest BCUT2D eigenvalue weighted by molar-refractivity contribution is 9.10. The smallest absolute Gasteiger partial charge is 0.270 e. The van der Waals surface area contributed by atoms with Crippen molar-refractivity contribution in [2.45, 2.75) is 13.5 Å². The van der Waals surface area contributed by atoms with Crippen LogP contribution in [0.15, 0.2) is 65.1 Å². The van der Waals surface area contributed by atoms with Crippen molar-refractivity contribution in [2.24, 2.45) is 0 Å².